The van der Waals surface area contributed by atoms with E-state index < -0.39 is 6.10 Å². The summed E-state index contributed by atoms with van der Waals surface area (Å²) in [6.45, 7) is 6.04. The van der Waals surface area contributed by atoms with Crippen LogP contribution in [0.3, 0.4) is 0 Å². The summed E-state index contributed by atoms with van der Waals surface area (Å²) in [6.07, 6.45) is -0.543. The maximum Gasteiger partial charge on any atom is 0.258 e. The van der Waals surface area contributed by atoms with E-state index in [1.807, 2.05) is 24.3 Å². The molecule has 1 atom stereocenters. The fourth-order valence-electron chi connectivity index (χ4n) is 1.42. The van der Waals surface area contributed by atoms with Crippen LogP contribution in [-0.4, -0.2) is 30.3 Å². The van der Waals surface area contributed by atoms with Gasteiger partial charge in [-0.25, -0.2) is 0 Å². The summed E-state index contributed by atoms with van der Waals surface area (Å²) in [6, 6.07) is 7.71. The predicted octanol–water partition coefficient (Wildman–Crippen LogP) is 1.69. The minimum atomic E-state index is -0.543. The van der Waals surface area contributed by atoms with E-state index in [4.69, 9.17) is 9.84 Å². The molecule has 0 fully saturated rings. The number of carbonyl (C=O) groups is 1. The number of ether oxygens (including phenoxy) is 1. The number of hydrogen-bond acceptors (Lipinski definition) is 3. The van der Waals surface area contributed by atoms with Gasteiger partial charge in [-0.15, -0.1) is 0 Å². The summed E-state index contributed by atoms with van der Waals surface area (Å²) in [5, 5.41) is 11.6. The molecule has 0 radical (unpaired) electrons. The number of aliphatic hydroxyl groups is 1. The lowest BCUT2D eigenvalue weighted by Gasteiger charge is -2.10. The Bertz CT molecular complexity index is 388. The summed E-state index contributed by atoms with van der Waals surface area (Å²) in [5.74, 6) is 0.886. The van der Waals surface area contributed by atoms with Crippen LogP contribution in [0.15, 0.2) is 24.3 Å². The highest BCUT2D eigenvalue weighted by Gasteiger charge is 2.05. The number of aliphatic hydroxyl groups excluding tert-OH is 1. The molecule has 0 aliphatic carbocycles. The lowest BCUT2D eigenvalue weighted by Crippen LogP contribution is -2.34. The fourth-order valence-corrected chi connectivity index (χ4v) is 1.42. The van der Waals surface area contributed by atoms with Crippen molar-refractivity contribution in [3.05, 3.63) is 29.8 Å². The van der Waals surface area contributed by atoms with Gasteiger partial charge in [0, 0.05) is 6.54 Å². The highest BCUT2D eigenvalue weighted by atomic mass is 16.5. The molecule has 0 aliphatic heterocycles. The van der Waals surface area contributed by atoms with E-state index in [0.717, 1.165) is 0 Å². The van der Waals surface area contributed by atoms with Crippen molar-refractivity contribution in [2.24, 2.45) is 0 Å². The van der Waals surface area contributed by atoms with Crippen LogP contribution in [0.2, 0.25) is 0 Å². The molecular weight excluding hydrogens is 230 g/mol. The van der Waals surface area contributed by atoms with E-state index in [1.54, 1.807) is 6.92 Å². The third-order valence-corrected chi connectivity index (χ3v) is 2.49. The molecule has 0 spiro atoms. The highest BCUT2D eigenvalue weighted by Crippen LogP contribution is 2.19. The maximum atomic E-state index is 11.4. The van der Waals surface area contributed by atoms with E-state index in [0.29, 0.717) is 11.7 Å². The average Bonchev–Trinajstić information content (AvgIpc) is 2.34. The second kappa shape index (κ2) is 7.01. The zero-order valence-corrected chi connectivity index (χ0v) is 11.1. The summed E-state index contributed by atoms with van der Waals surface area (Å²) >= 11 is 0. The van der Waals surface area contributed by atoms with Gasteiger partial charge in [0.05, 0.1) is 6.10 Å². The van der Waals surface area contributed by atoms with Crippen molar-refractivity contribution in [2.45, 2.75) is 32.8 Å². The first kappa shape index (κ1) is 14.5. The van der Waals surface area contributed by atoms with Crippen LogP contribution in [-0.2, 0) is 4.79 Å². The molecular formula is C14H21NO3. The molecule has 1 amide bonds. The maximum absolute atomic E-state index is 11.4. The van der Waals surface area contributed by atoms with Crippen LogP contribution in [0.1, 0.15) is 32.3 Å². The van der Waals surface area contributed by atoms with Crippen molar-refractivity contribution in [1.29, 1.82) is 0 Å². The zero-order valence-electron chi connectivity index (χ0n) is 11.1. The molecule has 100 valence electrons. The van der Waals surface area contributed by atoms with Gasteiger partial charge in [-0.1, -0.05) is 26.0 Å². The Morgan fingerprint density at radius 3 is 2.72 bits per heavy atom. The first-order chi connectivity index (χ1) is 8.49. The van der Waals surface area contributed by atoms with Crippen molar-refractivity contribution in [1.82, 2.24) is 5.32 Å². The Kier molecular flexibility index (Phi) is 5.65. The predicted molar refractivity (Wildman–Crippen MR) is 70.7 cm³/mol. The van der Waals surface area contributed by atoms with Gasteiger partial charge in [0.25, 0.3) is 5.91 Å². The summed E-state index contributed by atoms with van der Waals surface area (Å²) in [7, 11) is 0. The molecule has 4 nitrogen and oxygen atoms in total. The molecule has 0 saturated carbocycles. The van der Waals surface area contributed by atoms with E-state index in [-0.39, 0.29) is 19.1 Å². The molecule has 1 aromatic carbocycles. The second-order valence-corrected chi connectivity index (χ2v) is 4.67. The Morgan fingerprint density at radius 2 is 2.11 bits per heavy atom. The topological polar surface area (TPSA) is 58.6 Å². The van der Waals surface area contributed by atoms with E-state index in [9.17, 15) is 4.79 Å². The molecule has 2 N–H and O–H groups in total. The Morgan fingerprint density at radius 1 is 1.39 bits per heavy atom. The standard InChI is InChI=1S/C14H21NO3/c1-10(2)12-5-4-6-13(7-12)18-9-14(17)15-8-11(3)16/h4-7,10-11,16H,8-9H2,1-3H3,(H,15,17)/t11-/m0/s1. The SMILES string of the molecule is CC(C)c1cccc(OCC(=O)NC[C@H](C)O)c1. The molecule has 0 aromatic heterocycles. The van der Waals surface area contributed by atoms with Crippen LogP contribution in [0.4, 0.5) is 0 Å². The van der Waals surface area contributed by atoms with Gasteiger partial charge >= 0.3 is 0 Å². The average molecular weight is 251 g/mol. The van der Waals surface area contributed by atoms with E-state index >= 15 is 0 Å². The van der Waals surface area contributed by atoms with Crippen LogP contribution < -0.4 is 10.1 Å². The molecule has 0 saturated heterocycles. The summed E-state index contributed by atoms with van der Waals surface area (Å²) < 4.78 is 5.40. The van der Waals surface area contributed by atoms with Crippen LogP contribution in [0.5, 0.6) is 5.75 Å². The number of carbonyl (C=O) groups excluding carboxylic acids is 1. The fraction of sp³-hybridized carbons (Fsp3) is 0.500. The Labute approximate surface area is 108 Å². The molecule has 1 aromatic rings. The minimum absolute atomic E-state index is 0.0335. The molecule has 0 bridgehead atoms. The van der Waals surface area contributed by atoms with Crippen molar-refractivity contribution in [3.63, 3.8) is 0 Å². The highest BCUT2D eigenvalue weighted by molar-refractivity contribution is 5.77. The van der Waals surface area contributed by atoms with Crippen LogP contribution in [0.25, 0.3) is 0 Å². The quantitative estimate of drug-likeness (QED) is 0.809. The van der Waals surface area contributed by atoms with Gasteiger partial charge in [0.2, 0.25) is 0 Å². The van der Waals surface area contributed by atoms with Crippen LogP contribution in [0, 0.1) is 0 Å². The number of nitrogens with one attached hydrogen (secondary N) is 1. The second-order valence-electron chi connectivity index (χ2n) is 4.67. The zero-order chi connectivity index (χ0) is 13.5. The van der Waals surface area contributed by atoms with Crippen molar-refractivity contribution >= 4 is 5.91 Å². The number of hydrogen-bond donors (Lipinski definition) is 2. The normalized spacial score (nSPS) is 12.3. The van der Waals surface area contributed by atoms with Crippen molar-refractivity contribution < 1.29 is 14.6 Å². The smallest absolute Gasteiger partial charge is 0.258 e. The molecule has 0 heterocycles. The van der Waals surface area contributed by atoms with E-state index in [2.05, 4.69) is 19.2 Å². The van der Waals surface area contributed by atoms with Crippen LogP contribution >= 0.6 is 0 Å². The van der Waals surface area contributed by atoms with Gasteiger partial charge in [0.1, 0.15) is 5.75 Å². The lowest BCUT2D eigenvalue weighted by molar-refractivity contribution is -0.123. The number of benzene rings is 1. The van der Waals surface area contributed by atoms with E-state index in [1.165, 1.54) is 5.56 Å². The minimum Gasteiger partial charge on any atom is -0.484 e. The van der Waals surface area contributed by atoms with Gasteiger partial charge in [0.15, 0.2) is 6.61 Å². The van der Waals surface area contributed by atoms with Gasteiger partial charge in [-0.3, -0.25) is 4.79 Å². The molecule has 4 heteroatoms. The summed E-state index contributed by atoms with van der Waals surface area (Å²) in [4.78, 5) is 11.4. The molecule has 0 unspecified atom stereocenters. The molecule has 0 aliphatic rings. The van der Waals surface area contributed by atoms with Gasteiger partial charge < -0.3 is 15.2 Å². The Hall–Kier alpha value is -1.55. The van der Waals surface area contributed by atoms with Gasteiger partial charge in [-0.2, -0.15) is 0 Å². The number of amides is 1. The summed E-state index contributed by atoms with van der Waals surface area (Å²) in [5.41, 5.74) is 1.18. The first-order valence-corrected chi connectivity index (χ1v) is 6.16. The Balaban J connectivity index is 2.43. The number of rotatable bonds is 6. The van der Waals surface area contributed by atoms with Crippen molar-refractivity contribution in [3.8, 4) is 5.75 Å². The first-order valence-electron chi connectivity index (χ1n) is 6.16. The molecule has 18 heavy (non-hydrogen) atoms. The lowest BCUT2D eigenvalue weighted by atomic mass is 10.0. The monoisotopic (exact) mass is 251 g/mol. The largest absolute Gasteiger partial charge is 0.484 e. The third-order valence-electron chi connectivity index (χ3n) is 2.49. The molecule has 1 rings (SSSR count). The third kappa shape index (κ3) is 5.19. The van der Waals surface area contributed by atoms with Gasteiger partial charge in [-0.05, 0) is 30.5 Å². The van der Waals surface area contributed by atoms with Crippen molar-refractivity contribution in [2.75, 3.05) is 13.2 Å².